The van der Waals surface area contributed by atoms with Gasteiger partial charge in [0.25, 0.3) is 5.91 Å². The molecule has 0 saturated heterocycles. The number of hydrogen-bond acceptors (Lipinski definition) is 3. The number of benzene rings is 1. The highest BCUT2D eigenvalue weighted by Gasteiger charge is 2.14. The molecule has 0 heterocycles. The molecule has 1 N–H and O–H groups in total. The fraction of sp³-hybridized carbons (Fsp3) is 0.200. The van der Waals surface area contributed by atoms with Gasteiger partial charge in [0.2, 0.25) is 0 Å². The molecule has 0 aliphatic rings. The summed E-state index contributed by atoms with van der Waals surface area (Å²) in [5.74, 6) is -0.916. The van der Waals surface area contributed by atoms with E-state index in [1.54, 1.807) is 24.3 Å². The Labute approximate surface area is 95.6 Å². The molecule has 0 aliphatic heterocycles. The van der Waals surface area contributed by atoms with E-state index >= 15 is 0 Å². The van der Waals surface area contributed by atoms with Crippen molar-refractivity contribution in [1.82, 2.24) is 0 Å². The highest BCUT2D eigenvalue weighted by molar-refractivity contribution is 9.10. The molecule has 1 rings (SSSR count). The summed E-state index contributed by atoms with van der Waals surface area (Å²) < 4.78 is 0.846. The Morgan fingerprint density at radius 2 is 1.87 bits per heavy atom. The van der Waals surface area contributed by atoms with Crippen molar-refractivity contribution in [2.75, 3.05) is 5.06 Å². The van der Waals surface area contributed by atoms with Crippen molar-refractivity contribution in [3.63, 3.8) is 0 Å². The summed E-state index contributed by atoms with van der Waals surface area (Å²) in [5.41, 5.74) is 0.337. The van der Waals surface area contributed by atoms with Crippen LogP contribution >= 0.6 is 15.9 Å². The van der Waals surface area contributed by atoms with Gasteiger partial charge in [0.1, 0.15) is 5.78 Å². The smallest absolute Gasteiger partial charge is 0.258 e. The summed E-state index contributed by atoms with van der Waals surface area (Å²) in [7, 11) is 0. The Bertz CT molecular complexity index is 375. The highest BCUT2D eigenvalue weighted by Crippen LogP contribution is 2.17. The van der Waals surface area contributed by atoms with Crippen molar-refractivity contribution < 1.29 is 14.8 Å². The lowest BCUT2D eigenvalue weighted by molar-refractivity contribution is -0.128. The molecule has 0 fully saturated rings. The normalized spacial score (nSPS) is 9.80. The maximum absolute atomic E-state index is 11.3. The molecule has 0 spiro atoms. The number of anilines is 1. The minimum atomic E-state index is -0.634. The largest absolute Gasteiger partial charge is 0.299 e. The number of rotatable bonds is 3. The van der Waals surface area contributed by atoms with Gasteiger partial charge in [-0.3, -0.25) is 14.8 Å². The van der Waals surface area contributed by atoms with E-state index in [1.807, 2.05) is 0 Å². The average molecular weight is 272 g/mol. The minimum absolute atomic E-state index is 0.281. The first kappa shape index (κ1) is 11.9. The first-order valence-corrected chi connectivity index (χ1v) is 5.07. The monoisotopic (exact) mass is 271 g/mol. The van der Waals surface area contributed by atoms with Gasteiger partial charge >= 0.3 is 0 Å². The maximum Gasteiger partial charge on any atom is 0.258 e. The van der Waals surface area contributed by atoms with Crippen molar-refractivity contribution in [1.29, 1.82) is 0 Å². The van der Waals surface area contributed by atoms with Gasteiger partial charge in [-0.1, -0.05) is 15.9 Å². The zero-order chi connectivity index (χ0) is 11.4. The second kappa shape index (κ2) is 5.04. The van der Waals surface area contributed by atoms with E-state index in [0.29, 0.717) is 10.8 Å². The number of ketones is 1. The topological polar surface area (TPSA) is 57.6 Å². The molecule has 0 radical (unpaired) electrons. The van der Waals surface area contributed by atoms with Gasteiger partial charge in [-0.2, -0.15) is 5.06 Å². The minimum Gasteiger partial charge on any atom is -0.299 e. The van der Waals surface area contributed by atoms with Gasteiger partial charge < -0.3 is 0 Å². The predicted molar refractivity (Wildman–Crippen MR) is 58.7 cm³/mol. The number of hydrogen-bond donors (Lipinski definition) is 1. The summed E-state index contributed by atoms with van der Waals surface area (Å²) in [6.07, 6.45) is -0.299. The summed E-state index contributed by atoms with van der Waals surface area (Å²) in [6, 6.07) is 6.53. The molecule has 1 aromatic carbocycles. The van der Waals surface area contributed by atoms with Gasteiger partial charge in [0, 0.05) is 4.47 Å². The van der Waals surface area contributed by atoms with Gasteiger partial charge in [-0.25, -0.2) is 0 Å². The van der Waals surface area contributed by atoms with Crippen LogP contribution in [0, 0.1) is 0 Å². The van der Waals surface area contributed by atoms with E-state index in [-0.39, 0.29) is 12.2 Å². The Balaban J connectivity index is 2.76. The SMILES string of the molecule is CC(=O)CC(=O)N(O)c1ccc(Br)cc1. The van der Waals surface area contributed by atoms with Crippen LogP contribution in [0.4, 0.5) is 5.69 Å². The maximum atomic E-state index is 11.3. The summed E-state index contributed by atoms with van der Waals surface area (Å²) in [5, 5.41) is 9.93. The first-order chi connectivity index (χ1) is 7.00. The Kier molecular flexibility index (Phi) is 3.99. The molecule has 0 bridgehead atoms. The number of hydroxylamine groups is 1. The van der Waals surface area contributed by atoms with E-state index in [4.69, 9.17) is 0 Å². The quantitative estimate of drug-likeness (QED) is 0.521. The predicted octanol–water partition coefficient (Wildman–Crippen LogP) is 2.15. The average Bonchev–Trinajstić information content (AvgIpc) is 2.17. The van der Waals surface area contributed by atoms with Gasteiger partial charge in [0.05, 0.1) is 12.1 Å². The Morgan fingerprint density at radius 3 is 2.33 bits per heavy atom. The van der Waals surface area contributed by atoms with Crippen LogP contribution in [0.15, 0.2) is 28.7 Å². The summed E-state index contributed by atoms with van der Waals surface area (Å²) >= 11 is 3.23. The molecule has 1 aromatic rings. The molecule has 0 aliphatic carbocycles. The van der Waals surface area contributed by atoms with E-state index < -0.39 is 5.91 Å². The fourth-order valence-corrected chi connectivity index (χ4v) is 1.28. The fourth-order valence-electron chi connectivity index (χ4n) is 1.01. The van der Waals surface area contributed by atoms with Crippen molar-refractivity contribution in [2.24, 2.45) is 0 Å². The van der Waals surface area contributed by atoms with Gasteiger partial charge in [-0.05, 0) is 31.2 Å². The molecule has 0 unspecified atom stereocenters. The number of carbonyl (C=O) groups excluding carboxylic acids is 2. The highest BCUT2D eigenvalue weighted by atomic mass is 79.9. The van der Waals surface area contributed by atoms with Crippen LogP contribution in [-0.2, 0) is 9.59 Å². The molecule has 0 aromatic heterocycles. The van der Waals surface area contributed by atoms with Crippen LogP contribution in [-0.4, -0.2) is 16.9 Å². The second-order valence-corrected chi connectivity index (χ2v) is 3.98. The van der Waals surface area contributed by atoms with E-state index in [0.717, 1.165) is 4.47 Å². The lowest BCUT2D eigenvalue weighted by Gasteiger charge is -2.13. The molecule has 80 valence electrons. The third-order valence-corrected chi connectivity index (χ3v) is 2.24. The lowest BCUT2D eigenvalue weighted by Crippen LogP contribution is -2.28. The van der Waals surface area contributed by atoms with Crippen molar-refractivity contribution >= 4 is 33.3 Å². The number of amides is 1. The van der Waals surface area contributed by atoms with Gasteiger partial charge in [0.15, 0.2) is 0 Å². The van der Waals surface area contributed by atoms with E-state index in [9.17, 15) is 14.8 Å². The number of Topliss-reactive ketones (excluding diaryl/α,β-unsaturated/α-hetero) is 1. The summed E-state index contributed by atoms with van der Waals surface area (Å²) in [4.78, 5) is 22.0. The Morgan fingerprint density at radius 1 is 1.33 bits per heavy atom. The summed E-state index contributed by atoms with van der Waals surface area (Å²) in [6.45, 7) is 1.30. The van der Waals surface area contributed by atoms with Crippen LogP contribution in [0.25, 0.3) is 0 Å². The van der Waals surface area contributed by atoms with Crippen molar-refractivity contribution in [3.8, 4) is 0 Å². The van der Waals surface area contributed by atoms with Crippen LogP contribution in [0.3, 0.4) is 0 Å². The molecular weight excluding hydrogens is 262 g/mol. The third-order valence-electron chi connectivity index (χ3n) is 1.71. The van der Waals surface area contributed by atoms with Gasteiger partial charge in [-0.15, -0.1) is 0 Å². The second-order valence-electron chi connectivity index (χ2n) is 3.06. The molecule has 15 heavy (non-hydrogen) atoms. The molecular formula is C10H10BrNO3. The van der Waals surface area contributed by atoms with Crippen LogP contribution in [0.5, 0.6) is 0 Å². The molecule has 5 heteroatoms. The molecule has 4 nitrogen and oxygen atoms in total. The standard InChI is InChI=1S/C10H10BrNO3/c1-7(13)6-10(14)12(15)9-4-2-8(11)3-5-9/h2-5,15H,6H2,1H3. The van der Waals surface area contributed by atoms with Crippen LogP contribution < -0.4 is 5.06 Å². The molecule has 0 saturated carbocycles. The van der Waals surface area contributed by atoms with E-state index in [2.05, 4.69) is 15.9 Å². The van der Waals surface area contributed by atoms with Crippen molar-refractivity contribution in [2.45, 2.75) is 13.3 Å². The van der Waals surface area contributed by atoms with Crippen molar-refractivity contribution in [3.05, 3.63) is 28.7 Å². The molecule has 1 amide bonds. The number of halogens is 1. The molecule has 0 atom stereocenters. The zero-order valence-electron chi connectivity index (χ0n) is 8.11. The number of carbonyl (C=O) groups is 2. The number of nitrogens with zero attached hydrogens (tertiary/aromatic N) is 1. The zero-order valence-corrected chi connectivity index (χ0v) is 9.69. The first-order valence-electron chi connectivity index (χ1n) is 4.27. The Hall–Kier alpha value is -1.20. The van der Waals surface area contributed by atoms with E-state index in [1.165, 1.54) is 6.92 Å². The third kappa shape index (κ3) is 3.45. The van der Waals surface area contributed by atoms with Crippen LogP contribution in [0.2, 0.25) is 0 Å². The van der Waals surface area contributed by atoms with Crippen LogP contribution in [0.1, 0.15) is 13.3 Å². The lowest BCUT2D eigenvalue weighted by atomic mass is 10.2.